The second-order valence-electron chi connectivity index (χ2n) is 9.14. The molecule has 9 nitrogen and oxygen atoms in total. The molecule has 3 N–H and O–H groups in total. The minimum absolute atomic E-state index is 0.0209. The zero-order valence-electron chi connectivity index (χ0n) is 21.5. The van der Waals surface area contributed by atoms with Crippen LogP contribution in [0.4, 0.5) is 5.82 Å². The van der Waals surface area contributed by atoms with Crippen LogP contribution < -0.4 is 11.1 Å². The summed E-state index contributed by atoms with van der Waals surface area (Å²) in [6, 6.07) is 25.9. The zero-order valence-corrected chi connectivity index (χ0v) is 23.3. The molecule has 0 spiro atoms. The number of pyridine rings is 2. The van der Waals surface area contributed by atoms with Crippen LogP contribution in [-0.2, 0) is 16.4 Å². The van der Waals surface area contributed by atoms with Crippen molar-refractivity contribution in [2.75, 3.05) is 5.32 Å². The lowest BCUT2D eigenvalue weighted by atomic mass is 9.98. The highest BCUT2D eigenvalue weighted by Crippen LogP contribution is 2.43. The Morgan fingerprint density at radius 3 is 2.46 bits per heavy atom. The van der Waals surface area contributed by atoms with E-state index in [0.717, 1.165) is 27.6 Å². The number of nitrogens with two attached hydrogens (primary N) is 1. The number of nitrogens with one attached hydrogen (secondary N) is 1. The molecule has 1 atom stereocenters. The number of hydrogen-bond acceptors (Lipinski definition) is 8. The normalized spacial score (nSPS) is 11.6. The summed E-state index contributed by atoms with van der Waals surface area (Å²) in [6.45, 7) is 0.429. The fourth-order valence-electron chi connectivity index (χ4n) is 4.66. The van der Waals surface area contributed by atoms with Crippen LogP contribution >= 0.6 is 8.19 Å². The molecule has 0 radical (unpaired) electrons. The van der Waals surface area contributed by atoms with Gasteiger partial charge in [0.25, 0.3) is 5.91 Å². The molecule has 202 valence electrons. The van der Waals surface area contributed by atoms with Crippen LogP contribution in [0.15, 0.2) is 113 Å². The van der Waals surface area contributed by atoms with E-state index in [1.165, 1.54) is 30.6 Å². The van der Waals surface area contributed by atoms with Gasteiger partial charge < -0.3 is 11.1 Å². The van der Waals surface area contributed by atoms with Gasteiger partial charge in [-0.2, -0.15) is 0 Å². The minimum atomic E-state index is -4.05. The Morgan fingerprint density at radius 1 is 0.902 bits per heavy atom. The molecular weight excluding hydrogens is 555 g/mol. The lowest BCUT2D eigenvalue weighted by Crippen LogP contribution is -2.13. The van der Waals surface area contributed by atoms with E-state index in [4.69, 9.17) is 5.73 Å². The van der Waals surface area contributed by atoms with Gasteiger partial charge in [-0.3, -0.25) is 14.8 Å². The number of anilines is 1. The standard InChI is InChI=1S/C30H23N6O3PS/c31-29(37)28-25(41(38,39)21-11-7-14-32-18-21)16-24(40-28)27-23-13-6-12-22(19-8-2-1-3-9-19)26(23)30(36-35-27)34-17-20-10-4-5-15-33-20/h1-16,18,40H,17H2,(H2,31,37)(H,34,36). The molecular formula is C30H23N6O3PS. The minimum Gasteiger partial charge on any atom is -0.365 e. The summed E-state index contributed by atoms with van der Waals surface area (Å²) in [5, 5.41) is 14.6. The average molecular weight is 579 g/mol. The molecule has 0 aliphatic heterocycles. The molecule has 6 rings (SSSR count). The highest BCUT2D eigenvalue weighted by atomic mass is 32.2. The van der Waals surface area contributed by atoms with Crippen molar-refractivity contribution in [3.63, 3.8) is 0 Å². The Hall–Kier alpha value is -4.92. The third-order valence-corrected chi connectivity index (χ3v) is 9.93. The van der Waals surface area contributed by atoms with Gasteiger partial charge in [0.15, 0.2) is 5.82 Å². The molecule has 0 saturated carbocycles. The molecule has 4 aromatic heterocycles. The van der Waals surface area contributed by atoms with Crippen molar-refractivity contribution in [3.8, 4) is 22.1 Å². The molecule has 0 aliphatic rings. The van der Waals surface area contributed by atoms with Crippen LogP contribution in [0.5, 0.6) is 0 Å². The largest absolute Gasteiger partial charge is 0.365 e. The summed E-state index contributed by atoms with van der Waals surface area (Å²) in [6.07, 6.45) is 4.46. The lowest BCUT2D eigenvalue weighted by molar-refractivity contribution is 0.100. The van der Waals surface area contributed by atoms with Crippen molar-refractivity contribution in [1.29, 1.82) is 0 Å². The number of primary amides is 1. The van der Waals surface area contributed by atoms with Gasteiger partial charge in [-0.15, -0.1) is 18.4 Å². The van der Waals surface area contributed by atoms with Gasteiger partial charge >= 0.3 is 0 Å². The van der Waals surface area contributed by atoms with Gasteiger partial charge in [0.2, 0.25) is 9.84 Å². The van der Waals surface area contributed by atoms with E-state index in [1.807, 2.05) is 66.7 Å². The van der Waals surface area contributed by atoms with Crippen LogP contribution in [0.2, 0.25) is 0 Å². The fraction of sp³-hybridized carbons (Fsp3) is 0.0333. The molecule has 2 aromatic carbocycles. The molecule has 0 fully saturated rings. The maximum absolute atomic E-state index is 13.5. The zero-order chi connectivity index (χ0) is 28.4. The third kappa shape index (κ3) is 5.06. The first-order valence-electron chi connectivity index (χ1n) is 12.6. The fourth-order valence-corrected chi connectivity index (χ4v) is 7.78. The molecule has 1 unspecified atom stereocenters. The number of fused-ring (bicyclic) bond motifs is 1. The van der Waals surface area contributed by atoms with Crippen molar-refractivity contribution >= 4 is 40.5 Å². The number of aromatic nitrogens is 4. The maximum atomic E-state index is 13.5. The third-order valence-electron chi connectivity index (χ3n) is 6.57. The van der Waals surface area contributed by atoms with Gasteiger partial charge in [0.1, 0.15) is 5.69 Å². The number of sulfone groups is 1. The molecule has 41 heavy (non-hydrogen) atoms. The summed E-state index contributed by atoms with van der Waals surface area (Å²) >= 11 is 0. The summed E-state index contributed by atoms with van der Waals surface area (Å²) in [5.41, 5.74) is 8.91. The van der Waals surface area contributed by atoms with E-state index in [1.54, 1.807) is 6.20 Å². The summed E-state index contributed by atoms with van der Waals surface area (Å²) < 4.78 is 27.0. The van der Waals surface area contributed by atoms with Crippen LogP contribution in [0.1, 0.15) is 15.8 Å². The topological polar surface area (TPSA) is 141 Å². The number of hydrogen-bond donors (Lipinski definition) is 2. The lowest BCUT2D eigenvalue weighted by Gasteiger charge is -2.14. The monoisotopic (exact) mass is 578 g/mol. The van der Waals surface area contributed by atoms with E-state index < -0.39 is 15.7 Å². The van der Waals surface area contributed by atoms with Crippen molar-refractivity contribution in [1.82, 2.24) is 20.2 Å². The first-order valence-corrected chi connectivity index (χ1v) is 15.1. The Balaban J connectivity index is 1.54. The molecule has 1 amide bonds. The summed E-state index contributed by atoms with van der Waals surface area (Å²) in [7, 11) is -4.36. The number of benzene rings is 2. The first-order chi connectivity index (χ1) is 19.9. The molecule has 0 saturated heterocycles. The molecule has 4 heterocycles. The number of carbonyl (C=O) groups excluding carboxylic acids is 1. The first kappa shape index (κ1) is 26.3. The Morgan fingerprint density at radius 2 is 1.73 bits per heavy atom. The average Bonchev–Trinajstić information content (AvgIpc) is 3.48. The highest BCUT2D eigenvalue weighted by Gasteiger charge is 2.28. The molecule has 6 aromatic rings. The molecule has 11 heteroatoms. The van der Waals surface area contributed by atoms with Gasteiger partial charge in [-0.1, -0.05) is 54.6 Å². The SMILES string of the molecule is NC(=O)c1[pH]c(-c2nnc(NCc3ccccn3)c3c(-c4ccccc4)cccc23)cc1S(=O)(=O)c1cccnc1. The quantitative estimate of drug-likeness (QED) is 0.247. The highest BCUT2D eigenvalue weighted by molar-refractivity contribution is 7.91. The van der Waals surface area contributed by atoms with Crippen molar-refractivity contribution < 1.29 is 13.2 Å². The maximum Gasteiger partial charge on any atom is 0.253 e. The van der Waals surface area contributed by atoms with E-state index in [2.05, 4.69) is 25.5 Å². The van der Waals surface area contributed by atoms with Crippen LogP contribution in [0.25, 0.3) is 32.9 Å². The van der Waals surface area contributed by atoms with E-state index >= 15 is 0 Å². The van der Waals surface area contributed by atoms with Crippen molar-refractivity contribution in [2.24, 2.45) is 5.73 Å². The van der Waals surface area contributed by atoms with Crippen molar-refractivity contribution in [2.45, 2.75) is 16.3 Å². The number of carbonyl (C=O) groups is 1. The summed E-state index contributed by atoms with van der Waals surface area (Å²) in [5.74, 6) is -0.241. The predicted molar refractivity (Wildman–Crippen MR) is 160 cm³/mol. The second kappa shape index (κ2) is 10.9. The van der Waals surface area contributed by atoms with Crippen LogP contribution in [-0.4, -0.2) is 34.5 Å². The number of amides is 1. The smallest absolute Gasteiger partial charge is 0.253 e. The Bertz CT molecular complexity index is 1980. The van der Waals surface area contributed by atoms with E-state index in [-0.39, 0.29) is 23.3 Å². The Labute approximate surface area is 237 Å². The number of nitrogens with zero attached hydrogens (tertiary/aromatic N) is 4. The van der Waals surface area contributed by atoms with E-state index in [9.17, 15) is 13.2 Å². The molecule has 0 aliphatic carbocycles. The Kier molecular flexibility index (Phi) is 7.01. The second-order valence-corrected chi connectivity index (χ2v) is 12.4. The van der Waals surface area contributed by atoms with Gasteiger partial charge in [0.05, 0.1) is 27.3 Å². The molecule has 0 bridgehead atoms. The van der Waals surface area contributed by atoms with Crippen LogP contribution in [0.3, 0.4) is 0 Å². The number of rotatable bonds is 8. The van der Waals surface area contributed by atoms with Gasteiger partial charge in [0, 0.05) is 34.7 Å². The van der Waals surface area contributed by atoms with Crippen LogP contribution in [0, 0.1) is 0 Å². The van der Waals surface area contributed by atoms with Gasteiger partial charge in [-0.05, 0) is 41.5 Å². The van der Waals surface area contributed by atoms with Gasteiger partial charge in [-0.25, -0.2) is 8.42 Å². The van der Waals surface area contributed by atoms with E-state index in [0.29, 0.717) is 23.4 Å². The predicted octanol–water partition coefficient (Wildman–Crippen LogP) is 5.33. The summed E-state index contributed by atoms with van der Waals surface area (Å²) in [4.78, 5) is 20.6. The van der Waals surface area contributed by atoms with Crippen molar-refractivity contribution in [3.05, 3.63) is 115 Å².